The Morgan fingerprint density at radius 1 is 1.06 bits per heavy atom. The summed E-state index contributed by atoms with van der Waals surface area (Å²) in [4.78, 5) is 11.6. The van der Waals surface area contributed by atoms with Gasteiger partial charge in [0.1, 0.15) is 0 Å². The second kappa shape index (κ2) is 12.9. The van der Waals surface area contributed by atoms with Crippen LogP contribution in [-0.2, 0) is 4.79 Å². The average molecular weight is 257 g/mol. The molecule has 0 heterocycles. The molecular weight excluding hydrogens is 226 g/mol. The molecule has 3 nitrogen and oxygen atoms in total. The molecule has 1 atom stereocenters. The van der Waals surface area contributed by atoms with Crippen molar-refractivity contribution in [2.45, 2.75) is 84.1 Å². The Hall–Kier alpha value is -0.570. The molecule has 0 aliphatic carbocycles. The SMILES string of the molecule is CCCCCCCCCC(=O)NC(CC)CCO. The molecule has 3 heteroatoms. The first-order valence-electron chi connectivity index (χ1n) is 7.64. The summed E-state index contributed by atoms with van der Waals surface area (Å²) in [5.41, 5.74) is 0. The van der Waals surface area contributed by atoms with Crippen molar-refractivity contribution in [2.75, 3.05) is 6.61 Å². The van der Waals surface area contributed by atoms with Crippen LogP contribution in [0.2, 0.25) is 0 Å². The van der Waals surface area contributed by atoms with Crippen molar-refractivity contribution in [3.05, 3.63) is 0 Å². The van der Waals surface area contributed by atoms with Crippen LogP contribution < -0.4 is 5.32 Å². The molecule has 0 spiro atoms. The van der Waals surface area contributed by atoms with Crippen LogP contribution in [0.3, 0.4) is 0 Å². The Balaban J connectivity index is 3.41. The lowest BCUT2D eigenvalue weighted by atomic mass is 10.1. The fraction of sp³-hybridized carbons (Fsp3) is 0.933. The lowest BCUT2D eigenvalue weighted by Crippen LogP contribution is -2.34. The Bertz CT molecular complexity index is 195. The molecule has 1 unspecified atom stereocenters. The van der Waals surface area contributed by atoms with Gasteiger partial charge in [-0.15, -0.1) is 0 Å². The van der Waals surface area contributed by atoms with E-state index in [0.29, 0.717) is 12.8 Å². The van der Waals surface area contributed by atoms with E-state index in [9.17, 15) is 4.79 Å². The van der Waals surface area contributed by atoms with E-state index in [1.165, 1.54) is 32.1 Å². The first-order chi connectivity index (χ1) is 8.74. The quantitative estimate of drug-likeness (QED) is 0.526. The Morgan fingerprint density at radius 2 is 1.67 bits per heavy atom. The number of unbranched alkanes of at least 4 members (excludes halogenated alkanes) is 6. The highest BCUT2D eigenvalue weighted by Crippen LogP contribution is 2.08. The van der Waals surface area contributed by atoms with Gasteiger partial charge in [0, 0.05) is 19.1 Å². The fourth-order valence-electron chi connectivity index (χ4n) is 2.08. The van der Waals surface area contributed by atoms with Gasteiger partial charge in [-0.2, -0.15) is 0 Å². The van der Waals surface area contributed by atoms with Gasteiger partial charge in [0.25, 0.3) is 0 Å². The fourth-order valence-corrected chi connectivity index (χ4v) is 2.08. The van der Waals surface area contributed by atoms with Gasteiger partial charge >= 0.3 is 0 Å². The van der Waals surface area contributed by atoms with Crippen LogP contribution in [0.4, 0.5) is 0 Å². The highest BCUT2D eigenvalue weighted by Gasteiger charge is 2.08. The number of aliphatic hydroxyl groups excluding tert-OH is 1. The summed E-state index contributed by atoms with van der Waals surface area (Å²) in [7, 11) is 0. The number of rotatable bonds is 12. The van der Waals surface area contributed by atoms with Gasteiger partial charge in [0.05, 0.1) is 0 Å². The van der Waals surface area contributed by atoms with Crippen molar-refractivity contribution in [1.29, 1.82) is 0 Å². The van der Waals surface area contributed by atoms with Crippen LogP contribution in [0.5, 0.6) is 0 Å². The molecule has 0 aromatic rings. The number of nitrogens with one attached hydrogen (secondary N) is 1. The van der Waals surface area contributed by atoms with E-state index in [2.05, 4.69) is 12.2 Å². The van der Waals surface area contributed by atoms with Gasteiger partial charge in [-0.1, -0.05) is 52.4 Å². The number of carbonyl (C=O) groups excluding carboxylic acids is 1. The summed E-state index contributed by atoms with van der Waals surface area (Å²) in [6.45, 7) is 4.41. The van der Waals surface area contributed by atoms with E-state index in [1.807, 2.05) is 6.92 Å². The first kappa shape index (κ1) is 17.4. The number of hydrogen-bond donors (Lipinski definition) is 2. The van der Waals surface area contributed by atoms with Crippen LogP contribution in [-0.4, -0.2) is 23.7 Å². The minimum Gasteiger partial charge on any atom is -0.396 e. The summed E-state index contributed by atoms with van der Waals surface area (Å²) in [5, 5.41) is 11.8. The third-order valence-electron chi connectivity index (χ3n) is 3.34. The highest BCUT2D eigenvalue weighted by atomic mass is 16.3. The molecule has 0 aromatic carbocycles. The zero-order valence-corrected chi connectivity index (χ0v) is 12.2. The first-order valence-corrected chi connectivity index (χ1v) is 7.64. The summed E-state index contributed by atoms with van der Waals surface area (Å²) in [6, 6.07) is 0.145. The zero-order valence-electron chi connectivity index (χ0n) is 12.2. The van der Waals surface area contributed by atoms with Crippen LogP contribution >= 0.6 is 0 Å². The van der Waals surface area contributed by atoms with Crippen LogP contribution in [0.1, 0.15) is 78.1 Å². The number of aliphatic hydroxyl groups is 1. The minimum absolute atomic E-state index is 0.142. The van der Waals surface area contributed by atoms with Crippen molar-refractivity contribution in [1.82, 2.24) is 5.32 Å². The van der Waals surface area contributed by atoms with Crippen LogP contribution in [0.15, 0.2) is 0 Å². The molecule has 18 heavy (non-hydrogen) atoms. The van der Waals surface area contributed by atoms with Gasteiger partial charge in [0.2, 0.25) is 5.91 Å². The van der Waals surface area contributed by atoms with Crippen LogP contribution in [0.25, 0.3) is 0 Å². The van der Waals surface area contributed by atoms with E-state index < -0.39 is 0 Å². The summed E-state index contributed by atoms with van der Waals surface area (Å²) >= 11 is 0. The Morgan fingerprint density at radius 3 is 2.22 bits per heavy atom. The molecule has 1 amide bonds. The van der Waals surface area contributed by atoms with E-state index in [4.69, 9.17) is 5.11 Å². The molecule has 0 aliphatic rings. The number of carbonyl (C=O) groups is 1. The van der Waals surface area contributed by atoms with Gasteiger partial charge in [0.15, 0.2) is 0 Å². The molecule has 0 saturated carbocycles. The molecule has 0 aromatic heterocycles. The highest BCUT2D eigenvalue weighted by molar-refractivity contribution is 5.76. The summed E-state index contributed by atoms with van der Waals surface area (Å²) < 4.78 is 0. The molecule has 108 valence electrons. The maximum absolute atomic E-state index is 11.6. The Kier molecular flexibility index (Phi) is 12.5. The summed E-state index contributed by atoms with van der Waals surface area (Å²) in [6.07, 6.45) is 10.8. The Labute approximate surface area is 112 Å². The molecule has 0 aliphatic heterocycles. The lowest BCUT2D eigenvalue weighted by molar-refractivity contribution is -0.122. The molecule has 0 rings (SSSR count). The van der Waals surface area contributed by atoms with Gasteiger partial charge in [-0.25, -0.2) is 0 Å². The predicted octanol–water partition coefficient (Wildman–Crippen LogP) is 3.40. The van der Waals surface area contributed by atoms with E-state index >= 15 is 0 Å². The van der Waals surface area contributed by atoms with E-state index in [1.54, 1.807) is 0 Å². The van der Waals surface area contributed by atoms with Gasteiger partial charge < -0.3 is 10.4 Å². The lowest BCUT2D eigenvalue weighted by Gasteiger charge is -2.15. The van der Waals surface area contributed by atoms with Crippen molar-refractivity contribution in [2.24, 2.45) is 0 Å². The van der Waals surface area contributed by atoms with E-state index in [-0.39, 0.29) is 18.6 Å². The van der Waals surface area contributed by atoms with Crippen molar-refractivity contribution in [3.8, 4) is 0 Å². The normalized spacial score (nSPS) is 12.4. The standard InChI is InChI=1S/C15H31NO2/c1-3-5-6-7-8-9-10-11-15(18)16-14(4-2)12-13-17/h14,17H,3-13H2,1-2H3,(H,16,18). The maximum atomic E-state index is 11.6. The molecular formula is C15H31NO2. The molecule has 2 N–H and O–H groups in total. The second-order valence-electron chi connectivity index (χ2n) is 5.06. The number of hydrogen-bond acceptors (Lipinski definition) is 2. The van der Waals surface area contributed by atoms with Crippen LogP contribution in [0, 0.1) is 0 Å². The molecule has 0 bridgehead atoms. The average Bonchev–Trinajstić information content (AvgIpc) is 2.37. The third kappa shape index (κ3) is 10.6. The molecule has 0 fully saturated rings. The molecule has 0 radical (unpaired) electrons. The smallest absolute Gasteiger partial charge is 0.220 e. The zero-order chi connectivity index (χ0) is 13.6. The summed E-state index contributed by atoms with van der Waals surface area (Å²) in [5.74, 6) is 0.142. The van der Waals surface area contributed by atoms with Gasteiger partial charge in [-0.3, -0.25) is 4.79 Å². The van der Waals surface area contributed by atoms with Crippen molar-refractivity contribution < 1.29 is 9.90 Å². The van der Waals surface area contributed by atoms with Crippen molar-refractivity contribution in [3.63, 3.8) is 0 Å². The minimum atomic E-state index is 0.142. The van der Waals surface area contributed by atoms with E-state index in [0.717, 1.165) is 19.3 Å². The second-order valence-corrected chi connectivity index (χ2v) is 5.06. The topological polar surface area (TPSA) is 49.3 Å². The largest absolute Gasteiger partial charge is 0.396 e. The third-order valence-corrected chi connectivity index (χ3v) is 3.34. The van der Waals surface area contributed by atoms with Gasteiger partial charge in [-0.05, 0) is 19.3 Å². The molecule has 0 saturated heterocycles. The maximum Gasteiger partial charge on any atom is 0.220 e. The van der Waals surface area contributed by atoms with Crippen molar-refractivity contribution >= 4 is 5.91 Å². The monoisotopic (exact) mass is 257 g/mol. The predicted molar refractivity (Wildman–Crippen MR) is 76.5 cm³/mol. The number of amides is 1.